The van der Waals surface area contributed by atoms with Crippen molar-refractivity contribution in [3.8, 4) is 0 Å². The van der Waals surface area contributed by atoms with E-state index in [9.17, 15) is 9.59 Å². The molecular weight excluding hydrogens is 324 g/mol. The van der Waals surface area contributed by atoms with E-state index in [4.69, 9.17) is 0 Å². The summed E-state index contributed by atoms with van der Waals surface area (Å²) in [4.78, 5) is 27.9. The van der Waals surface area contributed by atoms with Gasteiger partial charge in [-0.1, -0.05) is 0 Å². The van der Waals surface area contributed by atoms with E-state index in [1.54, 1.807) is 13.2 Å². The number of aryl methyl sites for hydroxylation is 2. The molecule has 0 spiro atoms. The largest absolute Gasteiger partial charge is 0.379 e. The third-order valence-electron chi connectivity index (χ3n) is 3.04. The lowest BCUT2D eigenvalue weighted by Gasteiger charge is -2.10. The van der Waals surface area contributed by atoms with Gasteiger partial charge in [-0.15, -0.1) is 0 Å². The van der Waals surface area contributed by atoms with Crippen molar-refractivity contribution < 1.29 is 0 Å². The Morgan fingerprint density at radius 1 is 1.30 bits per heavy atom. The highest BCUT2D eigenvalue weighted by molar-refractivity contribution is 9.10. The molecule has 0 aliphatic carbocycles. The number of anilines is 1. The average Bonchev–Trinajstić information content (AvgIpc) is 2.40. The van der Waals surface area contributed by atoms with Crippen molar-refractivity contribution >= 4 is 21.6 Å². The minimum atomic E-state index is -0.333. The van der Waals surface area contributed by atoms with E-state index in [1.165, 1.54) is 11.6 Å². The number of pyridine rings is 1. The second-order valence-corrected chi connectivity index (χ2v) is 5.34. The van der Waals surface area contributed by atoms with Crippen LogP contribution in [0.5, 0.6) is 0 Å². The maximum Gasteiger partial charge on any atom is 0.330 e. The van der Waals surface area contributed by atoms with E-state index in [2.05, 4.69) is 26.2 Å². The number of halogens is 1. The molecule has 0 unspecified atom stereocenters. The van der Waals surface area contributed by atoms with Crippen LogP contribution in [0.3, 0.4) is 0 Å². The van der Waals surface area contributed by atoms with Gasteiger partial charge in [0.15, 0.2) is 0 Å². The summed E-state index contributed by atoms with van der Waals surface area (Å²) < 4.78 is 3.26. The van der Waals surface area contributed by atoms with E-state index >= 15 is 0 Å². The van der Waals surface area contributed by atoms with Crippen LogP contribution in [0.1, 0.15) is 11.3 Å². The highest BCUT2D eigenvalue weighted by Crippen LogP contribution is 2.16. The average molecular weight is 339 g/mol. The number of nitrogens with one attached hydrogen (secondary N) is 1. The third-order valence-corrected chi connectivity index (χ3v) is 3.48. The summed E-state index contributed by atoms with van der Waals surface area (Å²) in [7, 11) is 3.10. The van der Waals surface area contributed by atoms with Gasteiger partial charge in [-0.3, -0.25) is 9.36 Å². The SMILES string of the molecule is Cc1nc(Br)ccc1NCc1cn(C)c(=O)n(C)c1=O. The van der Waals surface area contributed by atoms with Crippen molar-refractivity contribution in [1.29, 1.82) is 0 Å². The van der Waals surface area contributed by atoms with Crippen LogP contribution in [0, 0.1) is 6.92 Å². The lowest BCUT2D eigenvalue weighted by molar-refractivity contribution is 0.671. The summed E-state index contributed by atoms with van der Waals surface area (Å²) in [6.07, 6.45) is 1.55. The maximum absolute atomic E-state index is 12.0. The number of hydrogen-bond acceptors (Lipinski definition) is 4. The number of hydrogen-bond donors (Lipinski definition) is 1. The van der Waals surface area contributed by atoms with Gasteiger partial charge in [0.2, 0.25) is 0 Å². The summed E-state index contributed by atoms with van der Waals surface area (Å²) in [6.45, 7) is 2.22. The molecule has 6 nitrogen and oxygen atoms in total. The summed E-state index contributed by atoms with van der Waals surface area (Å²) in [6, 6.07) is 3.72. The quantitative estimate of drug-likeness (QED) is 0.852. The standard InChI is InChI=1S/C13H15BrN4O2/c1-8-10(4-5-11(14)16-8)15-6-9-7-17(2)13(20)18(3)12(9)19/h4-5,7,15H,6H2,1-3H3. The smallest absolute Gasteiger partial charge is 0.330 e. The molecule has 1 N–H and O–H groups in total. The minimum absolute atomic E-state index is 0.289. The Labute approximate surface area is 124 Å². The van der Waals surface area contributed by atoms with Crippen LogP contribution in [-0.4, -0.2) is 14.1 Å². The van der Waals surface area contributed by atoms with Crippen LogP contribution in [0.4, 0.5) is 5.69 Å². The normalized spacial score (nSPS) is 10.6. The van der Waals surface area contributed by atoms with Gasteiger partial charge in [0.25, 0.3) is 5.56 Å². The molecule has 0 atom stereocenters. The van der Waals surface area contributed by atoms with Gasteiger partial charge >= 0.3 is 5.69 Å². The van der Waals surface area contributed by atoms with Crippen molar-refractivity contribution in [2.75, 3.05) is 5.32 Å². The van der Waals surface area contributed by atoms with E-state index in [0.29, 0.717) is 12.1 Å². The molecule has 0 radical (unpaired) electrons. The molecule has 0 fully saturated rings. The zero-order valence-electron chi connectivity index (χ0n) is 11.5. The van der Waals surface area contributed by atoms with E-state index in [1.807, 2.05) is 19.1 Å². The topological polar surface area (TPSA) is 68.9 Å². The lowest BCUT2D eigenvalue weighted by Crippen LogP contribution is -2.38. The van der Waals surface area contributed by atoms with Crippen molar-refractivity contribution in [3.63, 3.8) is 0 Å². The summed E-state index contributed by atoms with van der Waals surface area (Å²) in [5.41, 5.74) is 1.59. The van der Waals surface area contributed by atoms with Crippen LogP contribution >= 0.6 is 15.9 Å². The predicted molar refractivity (Wildman–Crippen MR) is 80.9 cm³/mol. The van der Waals surface area contributed by atoms with Crippen molar-refractivity contribution in [1.82, 2.24) is 14.1 Å². The fraction of sp³-hybridized carbons (Fsp3) is 0.308. The van der Waals surface area contributed by atoms with E-state index in [0.717, 1.165) is 20.6 Å². The number of rotatable bonds is 3. The van der Waals surface area contributed by atoms with Gasteiger partial charge < -0.3 is 9.88 Å². The molecule has 0 bridgehead atoms. The second-order valence-electron chi connectivity index (χ2n) is 4.53. The third kappa shape index (κ3) is 2.82. The molecule has 2 aromatic rings. The fourth-order valence-corrected chi connectivity index (χ4v) is 2.31. The molecular formula is C13H15BrN4O2. The first-order chi connectivity index (χ1) is 9.40. The number of aromatic nitrogens is 3. The Hall–Kier alpha value is -1.89. The van der Waals surface area contributed by atoms with Gasteiger partial charge in [-0.25, -0.2) is 9.78 Å². The zero-order chi connectivity index (χ0) is 14.9. The Kier molecular flexibility index (Phi) is 4.08. The molecule has 0 saturated heterocycles. The molecule has 106 valence electrons. The predicted octanol–water partition coefficient (Wildman–Crippen LogP) is 1.16. The van der Waals surface area contributed by atoms with Gasteiger partial charge in [0, 0.05) is 26.8 Å². The molecule has 0 saturated carbocycles. The highest BCUT2D eigenvalue weighted by atomic mass is 79.9. The Morgan fingerprint density at radius 3 is 2.65 bits per heavy atom. The van der Waals surface area contributed by atoms with Gasteiger partial charge in [-0.2, -0.15) is 0 Å². The fourth-order valence-electron chi connectivity index (χ4n) is 1.91. The first kappa shape index (κ1) is 14.5. The van der Waals surface area contributed by atoms with Crippen LogP contribution in [0.2, 0.25) is 0 Å². The molecule has 0 amide bonds. The van der Waals surface area contributed by atoms with E-state index < -0.39 is 0 Å². The minimum Gasteiger partial charge on any atom is -0.379 e. The molecule has 0 aliphatic rings. The van der Waals surface area contributed by atoms with Crippen molar-refractivity contribution in [2.24, 2.45) is 14.1 Å². The lowest BCUT2D eigenvalue weighted by atomic mass is 10.2. The Morgan fingerprint density at radius 2 is 2.00 bits per heavy atom. The molecule has 0 aromatic carbocycles. The van der Waals surface area contributed by atoms with Crippen LogP contribution in [0.25, 0.3) is 0 Å². The summed E-state index contributed by atoms with van der Waals surface area (Å²) in [5.74, 6) is 0. The van der Waals surface area contributed by atoms with Gasteiger partial charge in [-0.05, 0) is 35.0 Å². The monoisotopic (exact) mass is 338 g/mol. The van der Waals surface area contributed by atoms with Crippen LogP contribution < -0.4 is 16.6 Å². The van der Waals surface area contributed by atoms with Crippen molar-refractivity contribution in [3.05, 3.63) is 55.0 Å². The van der Waals surface area contributed by atoms with Crippen LogP contribution in [0.15, 0.2) is 32.5 Å². The first-order valence-corrected chi connectivity index (χ1v) is 6.82. The molecule has 2 aromatic heterocycles. The first-order valence-electron chi connectivity index (χ1n) is 6.02. The number of nitrogens with zero attached hydrogens (tertiary/aromatic N) is 3. The van der Waals surface area contributed by atoms with Crippen LogP contribution in [-0.2, 0) is 20.6 Å². The van der Waals surface area contributed by atoms with Gasteiger partial charge in [0.05, 0.1) is 16.9 Å². The highest BCUT2D eigenvalue weighted by Gasteiger charge is 2.07. The molecule has 7 heteroatoms. The Balaban J connectivity index is 2.28. The summed E-state index contributed by atoms with van der Waals surface area (Å²) in [5, 5.41) is 3.16. The molecule has 0 aliphatic heterocycles. The zero-order valence-corrected chi connectivity index (χ0v) is 13.1. The molecule has 2 heterocycles. The Bertz CT molecular complexity index is 764. The summed E-state index contributed by atoms with van der Waals surface area (Å²) >= 11 is 3.30. The van der Waals surface area contributed by atoms with Gasteiger partial charge in [0.1, 0.15) is 4.60 Å². The van der Waals surface area contributed by atoms with E-state index in [-0.39, 0.29) is 11.2 Å². The molecule has 2 rings (SSSR count). The maximum atomic E-state index is 12.0. The molecule has 20 heavy (non-hydrogen) atoms. The van der Waals surface area contributed by atoms with Crippen molar-refractivity contribution in [2.45, 2.75) is 13.5 Å². The second kappa shape index (κ2) is 5.62.